The number of pyridine rings is 1. The van der Waals surface area contributed by atoms with E-state index in [-0.39, 0.29) is 11.5 Å². The molecule has 3 aromatic rings. The quantitative estimate of drug-likeness (QED) is 0.487. The van der Waals surface area contributed by atoms with Gasteiger partial charge in [0, 0.05) is 30.8 Å². The molecule has 0 fully saturated rings. The number of carboxylic acid groups (broad SMARTS) is 1. The number of rotatable bonds is 9. The number of hydrogen-bond acceptors (Lipinski definition) is 5. The molecule has 0 aliphatic carbocycles. The van der Waals surface area contributed by atoms with Gasteiger partial charge >= 0.3 is 5.97 Å². The Kier molecular flexibility index (Phi) is 7.50. The van der Waals surface area contributed by atoms with Gasteiger partial charge in [0.25, 0.3) is 5.91 Å². The molecule has 0 saturated carbocycles. The van der Waals surface area contributed by atoms with Crippen LogP contribution in [0.3, 0.4) is 0 Å². The van der Waals surface area contributed by atoms with Crippen molar-refractivity contribution in [1.29, 1.82) is 0 Å². The topological polar surface area (TPSA) is 118 Å². The predicted octanol–water partition coefficient (Wildman–Crippen LogP) is 3.54. The summed E-state index contributed by atoms with van der Waals surface area (Å²) >= 11 is 0. The van der Waals surface area contributed by atoms with Crippen molar-refractivity contribution in [2.75, 3.05) is 6.54 Å². The van der Waals surface area contributed by atoms with Gasteiger partial charge in [0.15, 0.2) is 0 Å². The van der Waals surface area contributed by atoms with Crippen LogP contribution < -0.4 is 10.9 Å². The number of aryl methyl sites for hydroxylation is 2. The Labute approximate surface area is 190 Å². The second kappa shape index (κ2) is 10.5. The highest BCUT2D eigenvalue weighted by molar-refractivity contribution is 5.95. The Morgan fingerprint density at radius 2 is 1.70 bits per heavy atom. The lowest BCUT2D eigenvalue weighted by Crippen LogP contribution is -2.29. The summed E-state index contributed by atoms with van der Waals surface area (Å²) in [6.07, 6.45) is 2.00. The van der Waals surface area contributed by atoms with Gasteiger partial charge in [0.2, 0.25) is 5.56 Å². The summed E-state index contributed by atoms with van der Waals surface area (Å²) in [5, 5.41) is 14.4. The van der Waals surface area contributed by atoms with Gasteiger partial charge in [-0.1, -0.05) is 41.6 Å². The fraction of sp³-hybridized carbons (Fsp3) is 0.240. The third kappa shape index (κ3) is 5.79. The summed E-state index contributed by atoms with van der Waals surface area (Å²) in [6, 6.07) is 17.1. The zero-order valence-corrected chi connectivity index (χ0v) is 18.4. The highest BCUT2D eigenvalue weighted by Crippen LogP contribution is 2.37. The fourth-order valence-corrected chi connectivity index (χ4v) is 3.82. The van der Waals surface area contributed by atoms with E-state index in [2.05, 4.69) is 10.5 Å². The summed E-state index contributed by atoms with van der Waals surface area (Å²) in [4.78, 5) is 46.4. The van der Waals surface area contributed by atoms with Gasteiger partial charge in [-0.3, -0.25) is 14.4 Å². The van der Waals surface area contributed by atoms with Crippen LogP contribution in [0.25, 0.3) is 0 Å². The normalized spacial score (nSPS) is 12.5. The Morgan fingerprint density at radius 3 is 2.30 bits per heavy atom. The van der Waals surface area contributed by atoms with Crippen LogP contribution in [0.4, 0.5) is 0 Å². The lowest BCUT2D eigenvalue weighted by Gasteiger charge is -2.23. The third-order valence-corrected chi connectivity index (χ3v) is 5.62. The maximum absolute atomic E-state index is 12.2. The van der Waals surface area contributed by atoms with Gasteiger partial charge in [-0.05, 0) is 53.8 Å². The molecule has 0 aliphatic rings. The number of nitrogens with zero attached hydrogens (tertiary/aromatic N) is 2. The zero-order chi connectivity index (χ0) is 24.0. The average molecular weight is 447 g/mol. The zero-order valence-electron chi connectivity index (χ0n) is 18.4. The molecule has 8 nitrogen and oxygen atoms in total. The number of nitrogens with one attached hydrogen (secondary N) is 1. The van der Waals surface area contributed by atoms with Crippen molar-refractivity contribution in [3.8, 4) is 0 Å². The van der Waals surface area contributed by atoms with E-state index in [1.54, 1.807) is 43.6 Å². The first-order valence-electron chi connectivity index (χ1n) is 10.4. The van der Waals surface area contributed by atoms with E-state index in [9.17, 15) is 19.3 Å². The molecular weight excluding hydrogens is 422 g/mol. The van der Waals surface area contributed by atoms with Crippen molar-refractivity contribution in [3.63, 3.8) is 0 Å². The number of aromatic nitrogens is 1. The minimum Gasteiger partial charge on any atom is -0.480 e. The molecule has 1 amide bonds. The molecular formula is C25H25N3O5. The van der Waals surface area contributed by atoms with E-state index in [0.717, 1.165) is 16.7 Å². The molecule has 0 aliphatic heterocycles. The summed E-state index contributed by atoms with van der Waals surface area (Å²) in [7, 11) is 1.63. The summed E-state index contributed by atoms with van der Waals surface area (Å²) in [5.41, 5.74) is 3.78. The van der Waals surface area contributed by atoms with Crippen molar-refractivity contribution in [1.82, 2.24) is 9.88 Å². The third-order valence-electron chi connectivity index (χ3n) is 5.62. The van der Waals surface area contributed by atoms with Gasteiger partial charge < -0.3 is 15.0 Å². The van der Waals surface area contributed by atoms with Crippen LogP contribution in [0.2, 0.25) is 0 Å². The maximum atomic E-state index is 12.2. The number of carbonyl (C=O) groups excluding carboxylic acids is 1. The van der Waals surface area contributed by atoms with E-state index in [1.807, 2.05) is 31.2 Å². The molecule has 1 heterocycles. The monoisotopic (exact) mass is 447 g/mol. The minimum absolute atomic E-state index is 0.171. The molecule has 2 N–H and O–H groups in total. The number of benzene rings is 2. The first kappa shape index (κ1) is 23.6. The van der Waals surface area contributed by atoms with Crippen LogP contribution in [0.15, 0.2) is 76.8 Å². The molecule has 0 bridgehead atoms. The Morgan fingerprint density at radius 1 is 1.03 bits per heavy atom. The summed E-state index contributed by atoms with van der Waals surface area (Å²) in [5.74, 6) is -1.79. The molecule has 0 radical (unpaired) electrons. The predicted molar refractivity (Wildman–Crippen MR) is 124 cm³/mol. The molecule has 2 unspecified atom stereocenters. The Bertz CT molecular complexity index is 1220. The van der Waals surface area contributed by atoms with Crippen molar-refractivity contribution < 1.29 is 14.7 Å². The second-order valence-electron chi connectivity index (χ2n) is 7.88. The SMILES string of the molecule is Cc1ccccc1C(CC(N=O)c1ccc(=O)n(C)c1)c1ccc(C(=O)NCC(=O)O)cc1. The van der Waals surface area contributed by atoms with Crippen LogP contribution in [0.1, 0.15) is 51.0 Å². The summed E-state index contributed by atoms with van der Waals surface area (Å²) in [6.45, 7) is 1.53. The standard InChI is InChI=1S/C25H25N3O5/c1-16-5-3-4-6-20(16)21(13-22(27-33)19-11-12-23(29)28(2)15-19)17-7-9-18(10-8-17)25(32)26-14-24(30)31/h3-12,15,21-22H,13-14H2,1-2H3,(H,26,32)(H,30,31). The van der Waals surface area contributed by atoms with E-state index in [1.165, 1.54) is 10.6 Å². The van der Waals surface area contributed by atoms with E-state index < -0.39 is 24.5 Å². The molecule has 3 rings (SSSR count). The number of amides is 1. The van der Waals surface area contributed by atoms with Gasteiger partial charge in [-0.25, -0.2) is 0 Å². The molecule has 2 atom stereocenters. The van der Waals surface area contributed by atoms with E-state index in [0.29, 0.717) is 17.5 Å². The van der Waals surface area contributed by atoms with Crippen LogP contribution in [-0.4, -0.2) is 28.1 Å². The maximum Gasteiger partial charge on any atom is 0.322 e. The van der Waals surface area contributed by atoms with Gasteiger partial charge in [-0.2, -0.15) is 4.91 Å². The number of carbonyl (C=O) groups is 2. The molecule has 0 saturated heterocycles. The number of aliphatic carboxylic acids is 1. The van der Waals surface area contributed by atoms with E-state index >= 15 is 0 Å². The van der Waals surface area contributed by atoms with Crippen molar-refractivity contribution in [3.05, 3.63) is 110 Å². The van der Waals surface area contributed by atoms with Gasteiger partial charge in [0.05, 0.1) is 0 Å². The fourth-order valence-electron chi connectivity index (χ4n) is 3.82. The molecule has 2 aromatic carbocycles. The molecule has 8 heteroatoms. The van der Waals surface area contributed by atoms with Crippen LogP contribution in [0, 0.1) is 11.8 Å². The van der Waals surface area contributed by atoms with Crippen molar-refractivity contribution >= 4 is 11.9 Å². The highest BCUT2D eigenvalue weighted by atomic mass is 16.4. The van der Waals surface area contributed by atoms with Crippen molar-refractivity contribution in [2.45, 2.75) is 25.3 Å². The lowest BCUT2D eigenvalue weighted by molar-refractivity contribution is -0.135. The van der Waals surface area contributed by atoms with Crippen LogP contribution >= 0.6 is 0 Å². The van der Waals surface area contributed by atoms with Gasteiger partial charge in [0.1, 0.15) is 12.6 Å². The smallest absolute Gasteiger partial charge is 0.322 e. The minimum atomic E-state index is -1.12. The largest absolute Gasteiger partial charge is 0.480 e. The van der Waals surface area contributed by atoms with E-state index in [4.69, 9.17) is 5.11 Å². The molecule has 1 aromatic heterocycles. The van der Waals surface area contributed by atoms with Crippen molar-refractivity contribution in [2.24, 2.45) is 12.2 Å². The van der Waals surface area contributed by atoms with Gasteiger partial charge in [-0.15, -0.1) is 0 Å². The Balaban J connectivity index is 1.95. The molecule has 0 spiro atoms. The highest BCUT2D eigenvalue weighted by Gasteiger charge is 2.24. The first-order valence-corrected chi connectivity index (χ1v) is 10.4. The second-order valence-corrected chi connectivity index (χ2v) is 7.88. The summed E-state index contributed by atoms with van der Waals surface area (Å²) < 4.78 is 1.42. The van der Waals surface area contributed by atoms with Crippen LogP contribution in [0.5, 0.6) is 0 Å². The molecule has 33 heavy (non-hydrogen) atoms. The lowest BCUT2D eigenvalue weighted by atomic mass is 9.82. The number of carboxylic acids is 1. The molecule has 170 valence electrons. The number of nitroso groups, excluding NO2 is 1. The number of hydrogen-bond donors (Lipinski definition) is 2. The van der Waals surface area contributed by atoms with Crippen LogP contribution in [-0.2, 0) is 11.8 Å². The average Bonchev–Trinajstić information content (AvgIpc) is 2.81. The Hall–Kier alpha value is -4.07. The first-order chi connectivity index (χ1) is 15.8.